The van der Waals surface area contributed by atoms with Crippen LogP contribution in [0.15, 0.2) is 24.3 Å². The van der Waals surface area contributed by atoms with E-state index in [1.165, 1.54) is 12.8 Å². The Bertz CT molecular complexity index is 646. The van der Waals surface area contributed by atoms with Crippen molar-refractivity contribution in [3.8, 4) is 0 Å². The van der Waals surface area contributed by atoms with E-state index >= 15 is 0 Å². The topological polar surface area (TPSA) is 53.1 Å². The van der Waals surface area contributed by atoms with Crippen LogP contribution in [0.5, 0.6) is 0 Å². The molecule has 1 atom stereocenters. The molecule has 0 amide bonds. The SMILES string of the molecule is CN(c1nc2ccccc2nc1NC1CC1)[C@H]1CCNC1. The van der Waals surface area contributed by atoms with Gasteiger partial charge in [-0.25, -0.2) is 9.97 Å². The molecular weight excluding hydrogens is 262 g/mol. The highest BCUT2D eigenvalue weighted by molar-refractivity contribution is 5.80. The monoisotopic (exact) mass is 283 g/mol. The van der Waals surface area contributed by atoms with Crippen LogP contribution < -0.4 is 15.5 Å². The number of benzene rings is 1. The summed E-state index contributed by atoms with van der Waals surface area (Å²) in [7, 11) is 2.13. The molecular formula is C16H21N5. The Morgan fingerprint density at radius 2 is 1.90 bits per heavy atom. The van der Waals surface area contributed by atoms with Gasteiger partial charge in [0.2, 0.25) is 0 Å². The first kappa shape index (κ1) is 12.8. The standard InChI is InChI=1S/C16H21N5/c1-21(12-8-9-17-10-12)16-15(18-11-6-7-11)19-13-4-2-3-5-14(13)20-16/h2-5,11-12,17H,6-10H2,1H3,(H,18,19)/t12-/m0/s1. The maximum absolute atomic E-state index is 4.87. The van der Waals surface area contributed by atoms with Gasteiger partial charge in [0.15, 0.2) is 11.6 Å². The molecule has 1 aliphatic carbocycles. The molecule has 110 valence electrons. The van der Waals surface area contributed by atoms with Crippen molar-refractivity contribution < 1.29 is 0 Å². The van der Waals surface area contributed by atoms with E-state index in [9.17, 15) is 0 Å². The van der Waals surface area contributed by atoms with Gasteiger partial charge in [0.25, 0.3) is 0 Å². The van der Waals surface area contributed by atoms with Crippen molar-refractivity contribution >= 4 is 22.7 Å². The molecule has 4 rings (SSSR count). The third-order valence-electron chi connectivity index (χ3n) is 4.39. The molecule has 5 heteroatoms. The number of anilines is 2. The Hall–Kier alpha value is -1.88. The highest BCUT2D eigenvalue weighted by Gasteiger charge is 2.27. The first-order valence-electron chi connectivity index (χ1n) is 7.78. The van der Waals surface area contributed by atoms with Crippen LogP contribution in [0.1, 0.15) is 19.3 Å². The Morgan fingerprint density at radius 1 is 1.14 bits per heavy atom. The van der Waals surface area contributed by atoms with Crippen molar-refractivity contribution in [2.24, 2.45) is 0 Å². The molecule has 1 aromatic carbocycles. The Kier molecular flexibility index (Phi) is 3.15. The minimum atomic E-state index is 0.500. The summed E-state index contributed by atoms with van der Waals surface area (Å²) in [5.41, 5.74) is 1.93. The van der Waals surface area contributed by atoms with Gasteiger partial charge in [-0.2, -0.15) is 0 Å². The van der Waals surface area contributed by atoms with Crippen LogP contribution in [0.3, 0.4) is 0 Å². The van der Waals surface area contributed by atoms with Crippen LogP contribution in [0.25, 0.3) is 11.0 Å². The first-order valence-corrected chi connectivity index (χ1v) is 7.78. The van der Waals surface area contributed by atoms with Gasteiger partial charge in [0, 0.05) is 25.7 Å². The summed E-state index contributed by atoms with van der Waals surface area (Å²) in [4.78, 5) is 12.0. The maximum Gasteiger partial charge on any atom is 0.172 e. The van der Waals surface area contributed by atoms with Gasteiger partial charge in [-0.15, -0.1) is 0 Å². The Balaban J connectivity index is 1.75. The zero-order valence-corrected chi connectivity index (χ0v) is 12.3. The van der Waals surface area contributed by atoms with Gasteiger partial charge in [0.05, 0.1) is 11.0 Å². The van der Waals surface area contributed by atoms with Gasteiger partial charge in [-0.05, 0) is 37.9 Å². The van der Waals surface area contributed by atoms with Gasteiger partial charge in [0.1, 0.15) is 0 Å². The van der Waals surface area contributed by atoms with Crippen LogP contribution in [-0.4, -0.2) is 42.2 Å². The average molecular weight is 283 g/mol. The lowest BCUT2D eigenvalue weighted by Gasteiger charge is -2.27. The lowest BCUT2D eigenvalue weighted by molar-refractivity contribution is 0.678. The molecule has 2 N–H and O–H groups in total. The van der Waals surface area contributed by atoms with Crippen LogP contribution in [0, 0.1) is 0 Å². The Morgan fingerprint density at radius 3 is 2.57 bits per heavy atom. The quantitative estimate of drug-likeness (QED) is 0.899. The van der Waals surface area contributed by atoms with Crippen molar-refractivity contribution in [2.75, 3.05) is 30.4 Å². The summed E-state index contributed by atoms with van der Waals surface area (Å²) in [5.74, 6) is 1.92. The molecule has 0 spiro atoms. The highest BCUT2D eigenvalue weighted by Crippen LogP contribution is 2.31. The predicted octanol–water partition coefficient (Wildman–Crippen LogP) is 2.00. The van der Waals surface area contributed by atoms with E-state index < -0.39 is 0 Å². The number of rotatable bonds is 4. The van der Waals surface area contributed by atoms with E-state index in [0.717, 1.165) is 42.2 Å². The number of para-hydroxylation sites is 2. The average Bonchev–Trinajstić information content (AvgIpc) is 3.16. The molecule has 0 bridgehead atoms. The maximum atomic E-state index is 4.87. The molecule has 1 aliphatic heterocycles. The molecule has 1 saturated heterocycles. The summed E-state index contributed by atoms with van der Waals surface area (Å²) >= 11 is 0. The molecule has 1 aromatic heterocycles. The summed E-state index contributed by atoms with van der Waals surface area (Å²) in [6, 6.07) is 9.18. The normalized spacial score (nSPS) is 21.7. The van der Waals surface area contributed by atoms with Gasteiger partial charge in [-0.1, -0.05) is 12.1 Å². The lowest BCUT2D eigenvalue weighted by Crippen LogP contribution is -2.34. The molecule has 2 aliphatic rings. The largest absolute Gasteiger partial charge is 0.364 e. The number of nitrogens with one attached hydrogen (secondary N) is 2. The van der Waals surface area contributed by atoms with Crippen molar-refractivity contribution in [2.45, 2.75) is 31.3 Å². The summed E-state index contributed by atoms with van der Waals surface area (Å²) in [6.07, 6.45) is 3.64. The van der Waals surface area contributed by atoms with Gasteiger partial charge in [-0.3, -0.25) is 0 Å². The predicted molar refractivity (Wildman–Crippen MR) is 85.9 cm³/mol. The highest BCUT2D eigenvalue weighted by atomic mass is 15.3. The molecule has 2 fully saturated rings. The van der Waals surface area contributed by atoms with Gasteiger partial charge >= 0.3 is 0 Å². The van der Waals surface area contributed by atoms with Crippen LogP contribution >= 0.6 is 0 Å². The zero-order valence-electron chi connectivity index (χ0n) is 12.3. The van der Waals surface area contributed by atoms with E-state index in [1.54, 1.807) is 0 Å². The van der Waals surface area contributed by atoms with E-state index in [0.29, 0.717) is 12.1 Å². The Labute approximate surface area is 124 Å². The zero-order chi connectivity index (χ0) is 14.2. The second-order valence-corrected chi connectivity index (χ2v) is 6.06. The van der Waals surface area contributed by atoms with Crippen LogP contribution in [-0.2, 0) is 0 Å². The van der Waals surface area contributed by atoms with Crippen molar-refractivity contribution in [1.82, 2.24) is 15.3 Å². The second-order valence-electron chi connectivity index (χ2n) is 6.06. The molecule has 2 aromatic rings. The first-order chi connectivity index (χ1) is 10.3. The fourth-order valence-corrected chi connectivity index (χ4v) is 2.90. The van der Waals surface area contributed by atoms with Crippen LogP contribution in [0.2, 0.25) is 0 Å². The fourth-order valence-electron chi connectivity index (χ4n) is 2.90. The minimum Gasteiger partial charge on any atom is -0.364 e. The van der Waals surface area contributed by atoms with E-state index in [4.69, 9.17) is 9.97 Å². The molecule has 5 nitrogen and oxygen atoms in total. The number of hydrogen-bond donors (Lipinski definition) is 2. The molecule has 2 heterocycles. The smallest absolute Gasteiger partial charge is 0.172 e. The second kappa shape index (κ2) is 5.15. The van der Waals surface area contributed by atoms with Crippen molar-refractivity contribution in [3.63, 3.8) is 0 Å². The van der Waals surface area contributed by atoms with Crippen molar-refractivity contribution in [1.29, 1.82) is 0 Å². The lowest BCUT2D eigenvalue weighted by atomic mass is 10.2. The van der Waals surface area contributed by atoms with Crippen molar-refractivity contribution in [3.05, 3.63) is 24.3 Å². The molecule has 21 heavy (non-hydrogen) atoms. The molecule has 0 unspecified atom stereocenters. The number of likely N-dealkylation sites (N-methyl/N-ethyl adjacent to an activating group) is 1. The number of hydrogen-bond acceptors (Lipinski definition) is 5. The van der Waals surface area contributed by atoms with Gasteiger partial charge < -0.3 is 15.5 Å². The summed E-state index contributed by atoms with van der Waals surface area (Å²) in [6.45, 7) is 2.11. The van der Waals surface area contributed by atoms with E-state index in [2.05, 4.69) is 22.6 Å². The number of nitrogens with zero attached hydrogens (tertiary/aromatic N) is 3. The summed E-state index contributed by atoms with van der Waals surface area (Å²) < 4.78 is 0. The summed E-state index contributed by atoms with van der Waals surface area (Å²) in [5, 5.41) is 6.97. The molecule has 1 saturated carbocycles. The van der Waals surface area contributed by atoms with E-state index in [-0.39, 0.29) is 0 Å². The van der Waals surface area contributed by atoms with E-state index in [1.807, 2.05) is 24.3 Å². The minimum absolute atomic E-state index is 0.500. The number of fused-ring (bicyclic) bond motifs is 1. The fraction of sp³-hybridized carbons (Fsp3) is 0.500. The number of aromatic nitrogens is 2. The van der Waals surface area contributed by atoms with Crippen LogP contribution in [0.4, 0.5) is 11.6 Å². The third-order valence-corrected chi connectivity index (χ3v) is 4.39. The third kappa shape index (κ3) is 2.53. The molecule has 0 radical (unpaired) electrons.